The Balaban J connectivity index is 3.12. The average molecular weight is 130 g/mol. The summed E-state index contributed by atoms with van der Waals surface area (Å²) in [7, 11) is 0.870. The van der Waals surface area contributed by atoms with Gasteiger partial charge in [-0.2, -0.15) is 0 Å². The first-order valence-corrected chi connectivity index (χ1v) is 3.73. The fourth-order valence-electron chi connectivity index (χ4n) is 0.407. The van der Waals surface area contributed by atoms with Gasteiger partial charge in [0.2, 0.25) is 0 Å². The maximum atomic E-state index is 5.01. The molecule has 1 nitrogen and oxygen atoms in total. The van der Waals surface area contributed by atoms with Gasteiger partial charge in [-0.3, -0.25) is 0 Å². The van der Waals surface area contributed by atoms with E-state index in [9.17, 15) is 0 Å². The quantitative estimate of drug-likeness (QED) is 0.402. The molecule has 0 aliphatic heterocycles. The van der Waals surface area contributed by atoms with E-state index in [1.54, 1.807) is 0 Å². The molecule has 0 aromatic heterocycles. The summed E-state index contributed by atoms with van der Waals surface area (Å²) in [4.78, 5) is 0. The van der Waals surface area contributed by atoms with Crippen molar-refractivity contribution in [2.24, 2.45) is 0 Å². The molecular weight excluding hydrogens is 116 g/mol. The lowest BCUT2D eigenvalue weighted by Gasteiger charge is -1.96. The Morgan fingerprint density at radius 1 is 1.75 bits per heavy atom. The Kier molecular flexibility index (Phi) is 5.01. The van der Waals surface area contributed by atoms with Crippen LogP contribution in [0.15, 0.2) is 11.6 Å². The molecule has 0 rings (SSSR count). The van der Waals surface area contributed by atoms with Gasteiger partial charge >= 0.3 is 0 Å². The van der Waals surface area contributed by atoms with E-state index in [1.807, 2.05) is 0 Å². The topological polar surface area (TPSA) is 9.23 Å². The lowest BCUT2D eigenvalue weighted by atomic mass is 10.2. The van der Waals surface area contributed by atoms with E-state index >= 15 is 0 Å². The second kappa shape index (κ2) is 5.06. The Hall–Kier alpha value is -0.0831. The molecule has 0 radical (unpaired) electrons. The molecular formula is C6H14OSi. The zero-order chi connectivity index (χ0) is 6.41. The minimum atomic E-state index is 0.870. The van der Waals surface area contributed by atoms with Gasteiger partial charge in [-0.15, -0.1) is 0 Å². The molecule has 8 heavy (non-hydrogen) atoms. The molecule has 0 amide bonds. The van der Waals surface area contributed by atoms with E-state index in [0.29, 0.717) is 0 Å². The predicted molar refractivity (Wildman–Crippen MR) is 39.9 cm³/mol. The zero-order valence-electron chi connectivity index (χ0n) is 5.90. The number of allylic oxidation sites excluding steroid dienone is 1. The van der Waals surface area contributed by atoms with E-state index in [4.69, 9.17) is 4.43 Å². The first kappa shape index (κ1) is 7.92. The van der Waals surface area contributed by atoms with Crippen molar-refractivity contribution in [2.75, 3.05) is 6.61 Å². The molecule has 0 aromatic carbocycles. The molecule has 0 saturated carbocycles. The molecule has 0 bridgehead atoms. The highest BCUT2D eigenvalue weighted by atomic mass is 28.2. The Bertz CT molecular complexity index is 78.6. The lowest BCUT2D eigenvalue weighted by Crippen LogP contribution is -1.89. The average Bonchev–Trinajstić information content (AvgIpc) is 1.83. The van der Waals surface area contributed by atoms with Crippen LogP contribution in [0.25, 0.3) is 0 Å². The number of hydrogen-bond donors (Lipinski definition) is 0. The van der Waals surface area contributed by atoms with Gasteiger partial charge in [-0.1, -0.05) is 11.6 Å². The molecule has 0 N–H and O–H groups in total. The third kappa shape index (κ3) is 4.09. The molecule has 48 valence electrons. The maximum absolute atomic E-state index is 5.01. The minimum Gasteiger partial charge on any atom is -0.428 e. The second-order valence-corrected chi connectivity index (χ2v) is 2.46. The predicted octanol–water partition coefficient (Wildman–Crippen LogP) is 0.640. The summed E-state index contributed by atoms with van der Waals surface area (Å²) < 4.78 is 5.01. The summed E-state index contributed by atoms with van der Waals surface area (Å²) >= 11 is 0. The van der Waals surface area contributed by atoms with Crippen molar-refractivity contribution in [3.05, 3.63) is 11.6 Å². The summed E-state index contributed by atoms with van der Waals surface area (Å²) in [5, 5.41) is 0. The molecule has 0 unspecified atom stereocenters. The van der Waals surface area contributed by atoms with Crippen LogP contribution in [0.3, 0.4) is 0 Å². The Labute approximate surface area is 54.3 Å². The van der Waals surface area contributed by atoms with Crippen molar-refractivity contribution in [3.63, 3.8) is 0 Å². The van der Waals surface area contributed by atoms with Gasteiger partial charge in [0, 0.05) is 6.61 Å². The van der Waals surface area contributed by atoms with Crippen molar-refractivity contribution < 1.29 is 4.43 Å². The van der Waals surface area contributed by atoms with Crippen LogP contribution in [-0.2, 0) is 4.43 Å². The molecule has 0 atom stereocenters. The first-order chi connectivity index (χ1) is 3.81. The third-order valence-electron chi connectivity index (χ3n) is 1.19. The van der Waals surface area contributed by atoms with Crippen LogP contribution in [-0.4, -0.2) is 17.1 Å². The summed E-state index contributed by atoms with van der Waals surface area (Å²) in [6.07, 6.45) is 3.22. The van der Waals surface area contributed by atoms with Crippen molar-refractivity contribution in [2.45, 2.75) is 20.3 Å². The Morgan fingerprint density at radius 3 is 2.75 bits per heavy atom. The summed E-state index contributed by atoms with van der Waals surface area (Å²) in [5.74, 6) is 0. The van der Waals surface area contributed by atoms with Crippen LogP contribution in [0.2, 0.25) is 0 Å². The molecule has 0 saturated heterocycles. The normalized spacial score (nSPS) is 12.5. The van der Waals surface area contributed by atoms with Crippen LogP contribution < -0.4 is 0 Å². The summed E-state index contributed by atoms with van der Waals surface area (Å²) in [6.45, 7) is 5.09. The Morgan fingerprint density at radius 2 is 2.38 bits per heavy atom. The summed E-state index contributed by atoms with van der Waals surface area (Å²) in [6, 6.07) is 0. The van der Waals surface area contributed by atoms with Gasteiger partial charge in [0.25, 0.3) is 0 Å². The van der Waals surface area contributed by atoms with Crippen LogP contribution in [0, 0.1) is 0 Å². The third-order valence-corrected chi connectivity index (χ3v) is 1.60. The van der Waals surface area contributed by atoms with Gasteiger partial charge in [-0.05, 0) is 20.3 Å². The van der Waals surface area contributed by atoms with Crippen LogP contribution >= 0.6 is 0 Å². The fraction of sp³-hybridized carbons (Fsp3) is 0.667. The van der Waals surface area contributed by atoms with Crippen molar-refractivity contribution in [3.8, 4) is 0 Å². The van der Waals surface area contributed by atoms with Gasteiger partial charge in [0.05, 0.1) is 0 Å². The van der Waals surface area contributed by atoms with E-state index in [2.05, 4.69) is 19.9 Å². The van der Waals surface area contributed by atoms with Crippen LogP contribution in [0.1, 0.15) is 20.3 Å². The lowest BCUT2D eigenvalue weighted by molar-refractivity contribution is 0.354. The maximum Gasteiger partial charge on any atom is 0.145 e. The molecule has 0 heterocycles. The van der Waals surface area contributed by atoms with E-state index in [1.165, 1.54) is 5.57 Å². The molecule has 0 aromatic rings. The SMILES string of the molecule is CC=C(C)CCO[SiH3]. The van der Waals surface area contributed by atoms with Crippen molar-refractivity contribution in [1.82, 2.24) is 0 Å². The number of rotatable bonds is 3. The standard InChI is InChI=1S/C6H14OSi/c1-3-6(2)4-5-7-8/h3H,4-5H2,1-2,8H3. The van der Waals surface area contributed by atoms with Crippen molar-refractivity contribution in [1.29, 1.82) is 0 Å². The first-order valence-electron chi connectivity index (χ1n) is 2.92. The monoisotopic (exact) mass is 130 g/mol. The number of hydrogen-bond acceptors (Lipinski definition) is 1. The van der Waals surface area contributed by atoms with Crippen LogP contribution in [0.4, 0.5) is 0 Å². The highest BCUT2D eigenvalue weighted by molar-refractivity contribution is 5.97. The smallest absolute Gasteiger partial charge is 0.145 e. The zero-order valence-corrected chi connectivity index (χ0v) is 7.90. The second-order valence-electron chi connectivity index (χ2n) is 1.88. The van der Waals surface area contributed by atoms with E-state index < -0.39 is 0 Å². The van der Waals surface area contributed by atoms with E-state index in [0.717, 1.165) is 23.5 Å². The fourth-order valence-corrected chi connectivity index (χ4v) is 0.612. The summed E-state index contributed by atoms with van der Waals surface area (Å²) in [5.41, 5.74) is 1.42. The molecule has 0 aliphatic rings. The highest BCUT2D eigenvalue weighted by Crippen LogP contribution is 1.96. The largest absolute Gasteiger partial charge is 0.428 e. The molecule has 0 fully saturated rings. The van der Waals surface area contributed by atoms with Gasteiger partial charge in [-0.25, -0.2) is 0 Å². The van der Waals surface area contributed by atoms with Gasteiger partial charge in [0.15, 0.2) is 0 Å². The van der Waals surface area contributed by atoms with Crippen molar-refractivity contribution >= 4 is 10.5 Å². The van der Waals surface area contributed by atoms with Gasteiger partial charge in [0.1, 0.15) is 10.5 Å². The van der Waals surface area contributed by atoms with Gasteiger partial charge < -0.3 is 4.43 Å². The highest BCUT2D eigenvalue weighted by Gasteiger charge is 1.83. The van der Waals surface area contributed by atoms with E-state index in [-0.39, 0.29) is 0 Å². The van der Waals surface area contributed by atoms with Crippen LogP contribution in [0.5, 0.6) is 0 Å². The molecule has 2 heteroatoms. The molecule has 0 aliphatic carbocycles. The molecule has 0 spiro atoms. The minimum absolute atomic E-state index is 0.870.